The second-order valence-corrected chi connectivity index (χ2v) is 3.63. The van der Waals surface area contributed by atoms with E-state index in [9.17, 15) is 9.18 Å². The van der Waals surface area contributed by atoms with Gasteiger partial charge in [-0.05, 0) is 28.1 Å². The van der Waals surface area contributed by atoms with Gasteiger partial charge in [0.15, 0.2) is 18.4 Å². The number of carbonyl (C=O) groups excluding carboxylic acids is 1. The van der Waals surface area contributed by atoms with Gasteiger partial charge in [-0.2, -0.15) is 0 Å². The number of halogens is 2. The second kappa shape index (κ2) is 5.81. The van der Waals surface area contributed by atoms with E-state index in [1.807, 2.05) is 0 Å². The van der Waals surface area contributed by atoms with Crippen LogP contribution in [-0.4, -0.2) is 27.0 Å². The lowest BCUT2D eigenvalue weighted by molar-refractivity contribution is 0.0470. The monoisotopic (exact) mass is 292 g/mol. The zero-order valence-electron chi connectivity index (χ0n) is 8.75. The molecule has 0 aliphatic carbocycles. The van der Waals surface area contributed by atoms with Gasteiger partial charge in [0.1, 0.15) is 5.56 Å². The standard InChI is InChI=1S/C10H10BrFO4/c1-14-5-16-7-4-3-6(11)8(9(7)12)10(13)15-2/h3-4H,5H2,1-2H3. The smallest absolute Gasteiger partial charge is 0.342 e. The SMILES string of the molecule is COCOc1ccc(Br)c(C(=O)OC)c1F. The van der Waals surface area contributed by atoms with E-state index in [0.717, 1.165) is 0 Å². The van der Waals surface area contributed by atoms with Crippen LogP contribution in [0.15, 0.2) is 16.6 Å². The van der Waals surface area contributed by atoms with Gasteiger partial charge in [0, 0.05) is 11.6 Å². The van der Waals surface area contributed by atoms with Gasteiger partial charge in [0.05, 0.1) is 7.11 Å². The molecule has 0 amide bonds. The normalized spacial score (nSPS) is 10.0. The Bertz CT molecular complexity index is 395. The highest BCUT2D eigenvalue weighted by Crippen LogP contribution is 2.28. The van der Waals surface area contributed by atoms with Crippen molar-refractivity contribution in [2.24, 2.45) is 0 Å². The van der Waals surface area contributed by atoms with Gasteiger partial charge in [0.25, 0.3) is 0 Å². The predicted octanol–water partition coefficient (Wildman–Crippen LogP) is 2.36. The molecule has 0 saturated carbocycles. The lowest BCUT2D eigenvalue weighted by Crippen LogP contribution is -2.08. The molecule has 0 fully saturated rings. The average molecular weight is 293 g/mol. The largest absolute Gasteiger partial charge is 0.465 e. The van der Waals surface area contributed by atoms with Crippen molar-refractivity contribution in [1.82, 2.24) is 0 Å². The van der Waals surface area contributed by atoms with Crippen LogP contribution >= 0.6 is 15.9 Å². The van der Waals surface area contributed by atoms with Crippen molar-refractivity contribution in [2.45, 2.75) is 0 Å². The third-order valence-electron chi connectivity index (χ3n) is 1.78. The highest BCUT2D eigenvalue weighted by atomic mass is 79.9. The molecule has 1 rings (SSSR count). The van der Waals surface area contributed by atoms with E-state index >= 15 is 0 Å². The first-order chi connectivity index (χ1) is 7.61. The summed E-state index contributed by atoms with van der Waals surface area (Å²) < 4.78 is 28.1. The molecule has 0 spiro atoms. The minimum atomic E-state index is -0.779. The first-order valence-electron chi connectivity index (χ1n) is 4.29. The molecule has 1 aromatic rings. The van der Waals surface area contributed by atoms with Gasteiger partial charge >= 0.3 is 5.97 Å². The number of methoxy groups -OCH3 is 2. The molecule has 0 unspecified atom stereocenters. The Hall–Kier alpha value is -1.14. The number of hydrogen-bond donors (Lipinski definition) is 0. The summed E-state index contributed by atoms with van der Waals surface area (Å²) in [6.07, 6.45) is 0. The summed E-state index contributed by atoms with van der Waals surface area (Å²) in [7, 11) is 2.59. The van der Waals surface area contributed by atoms with Crippen LogP contribution in [0.1, 0.15) is 10.4 Å². The van der Waals surface area contributed by atoms with Gasteiger partial charge in [0.2, 0.25) is 0 Å². The Morgan fingerprint density at radius 2 is 2.12 bits per heavy atom. The van der Waals surface area contributed by atoms with Crippen LogP contribution in [0, 0.1) is 5.82 Å². The minimum absolute atomic E-state index is 0.0644. The topological polar surface area (TPSA) is 44.8 Å². The van der Waals surface area contributed by atoms with Crippen molar-refractivity contribution in [1.29, 1.82) is 0 Å². The Morgan fingerprint density at radius 1 is 1.44 bits per heavy atom. The molecule has 0 aliphatic heterocycles. The van der Waals surface area contributed by atoms with Crippen LogP contribution in [0.4, 0.5) is 4.39 Å². The zero-order valence-corrected chi connectivity index (χ0v) is 10.3. The third kappa shape index (κ3) is 2.70. The van der Waals surface area contributed by atoms with E-state index in [-0.39, 0.29) is 18.1 Å². The Morgan fingerprint density at radius 3 is 2.69 bits per heavy atom. The van der Waals surface area contributed by atoms with E-state index in [1.54, 1.807) is 0 Å². The number of hydrogen-bond acceptors (Lipinski definition) is 4. The van der Waals surface area contributed by atoms with Crippen molar-refractivity contribution in [2.75, 3.05) is 21.0 Å². The van der Waals surface area contributed by atoms with Crippen LogP contribution in [0.2, 0.25) is 0 Å². The third-order valence-corrected chi connectivity index (χ3v) is 2.44. The molecule has 0 heterocycles. The maximum absolute atomic E-state index is 13.8. The second-order valence-electron chi connectivity index (χ2n) is 2.78. The molecule has 0 saturated heterocycles. The van der Waals surface area contributed by atoms with E-state index in [0.29, 0.717) is 4.47 Å². The maximum atomic E-state index is 13.8. The van der Waals surface area contributed by atoms with Gasteiger partial charge in [-0.3, -0.25) is 0 Å². The lowest BCUT2D eigenvalue weighted by atomic mass is 10.2. The molecule has 88 valence electrons. The van der Waals surface area contributed by atoms with Crippen molar-refractivity contribution in [3.63, 3.8) is 0 Å². The lowest BCUT2D eigenvalue weighted by Gasteiger charge is -2.09. The van der Waals surface area contributed by atoms with Crippen LogP contribution in [0.5, 0.6) is 5.75 Å². The van der Waals surface area contributed by atoms with E-state index in [4.69, 9.17) is 4.74 Å². The maximum Gasteiger partial charge on any atom is 0.342 e. The molecule has 1 aromatic carbocycles. The molecule has 0 bridgehead atoms. The molecule has 6 heteroatoms. The fourth-order valence-electron chi connectivity index (χ4n) is 1.06. The molecule has 4 nitrogen and oxygen atoms in total. The number of rotatable bonds is 4. The van der Waals surface area contributed by atoms with E-state index in [1.165, 1.54) is 26.4 Å². The van der Waals surface area contributed by atoms with Crippen molar-refractivity contribution >= 4 is 21.9 Å². The molecule has 16 heavy (non-hydrogen) atoms. The van der Waals surface area contributed by atoms with Crippen molar-refractivity contribution in [3.8, 4) is 5.75 Å². The van der Waals surface area contributed by atoms with Crippen LogP contribution < -0.4 is 4.74 Å². The summed E-state index contributed by atoms with van der Waals surface area (Å²) in [6.45, 7) is -0.0981. The summed E-state index contributed by atoms with van der Waals surface area (Å²) in [4.78, 5) is 11.3. The minimum Gasteiger partial charge on any atom is -0.465 e. The molecule has 0 N–H and O–H groups in total. The predicted molar refractivity (Wildman–Crippen MR) is 57.9 cm³/mol. The van der Waals surface area contributed by atoms with E-state index in [2.05, 4.69) is 25.4 Å². The van der Waals surface area contributed by atoms with Crippen molar-refractivity contribution in [3.05, 3.63) is 28.0 Å². The number of benzene rings is 1. The number of ether oxygens (including phenoxy) is 3. The fourth-order valence-corrected chi connectivity index (χ4v) is 1.52. The quantitative estimate of drug-likeness (QED) is 0.631. The Balaban J connectivity index is 3.11. The summed E-state index contributed by atoms with van der Waals surface area (Å²) in [5.74, 6) is -1.61. The van der Waals surface area contributed by atoms with Crippen LogP contribution in [-0.2, 0) is 9.47 Å². The molecule has 0 radical (unpaired) electrons. The highest BCUT2D eigenvalue weighted by molar-refractivity contribution is 9.10. The van der Waals surface area contributed by atoms with Gasteiger partial charge < -0.3 is 14.2 Å². The highest BCUT2D eigenvalue weighted by Gasteiger charge is 2.20. The van der Waals surface area contributed by atoms with Crippen molar-refractivity contribution < 1.29 is 23.4 Å². The van der Waals surface area contributed by atoms with Gasteiger partial charge in [-0.25, -0.2) is 9.18 Å². The Kier molecular flexibility index (Phi) is 4.70. The molecule has 0 aliphatic rings. The first kappa shape index (κ1) is 12.9. The van der Waals surface area contributed by atoms with Crippen LogP contribution in [0.25, 0.3) is 0 Å². The number of carbonyl (C=O) groups is 1. The van der Waals surface area contributed by atoms with Gasteiger partial charge in [-0.15, -0.1) is 0 Å². The average Bonchev–Trinajstić information content (AvgIpc) is 2.28. The molecule has 0 atom stereocenters. The molecular weight excluding hydrogens is 283 g/mol. The van der Waals surface area contributed by atoms with Gasteiger partial charge in [-0.1, -0.05) is 0 Å². The Labute approximate surface area is 100 Å². The fraction of sp³-hybridized carbons (Fsp3) is 0.300. The summed E-state index contributed by atoms with van der Waals surface area (Å²) >= 11 is 3.06. The zero-order chi connectivity index (χ0) is 12.1. The van der Waals surface area contributed by atoms with Crippen LogP contribution in [0.3, 0.4) is 0 Å². The summed E-state index contributed by atoms with van der Waals surface area (Å²) in [5, 5.41) is 0. The number of esters is 1. The first-order valence-corrected chi connectivity index (χ1v) is 5.09. The summed E-state index contributed by atoms with van der Waals surface area (Å²) in [5.41, 5.74) is -0.198. The molecule has 0 aromatic heterocycles. The van der Waals surface area contributed by atoms with E-state index < -0.39 is 11.8 Å². The summed E-state index contributed by atoms with van der Waals surface area (Å²) in [6, 6.07) is 2.89. The molecular formula is C10H10BrFO4.